The van der Waals surface area contributed by atoms with Gasteiger partial charge >= 0.3 is 0 Å². The first-order valence-electron chi connectivity index (χ1n) is 4.73. The Morgan fingerprint density at radius 3 is 2.82 bits per heavy atom. The molecule has 0 saturated carbocycles. The Kier molecular flexibility index (Phi) is 3.01. The van der Waals surface area contributed by atoms with Crippen molar-refractivity contribution in [1.82, 2.24) is 9.97 Å². The van der Waals surface area contributed by atoms with Gasteiger partial charge in [0.2, 0.25) is 5.95 Å². The van der Waals surface area contributed by atoms with Crippen LogP contribution in [0.4, 0.5) is 15.3 Å². The maximum Gasteiger partial charge on any atom is 0.268 e. The van der Waals surface area contributed by atoms with Crippen molar-refractivity contribution >= 4 is 28.2 Å². The zero-order chi connectivity index (χ0) is 12.4. The fourth-order valence-electron chi connectivity index (χ4n) is 1.28. The minimum absolute atomic E-state index is 0.154. The number of nitrogens with one attached hydrogen (secondary N) is 1. The van der Waals surface area contributed by atoms with Crippen LogP contribution in [-0.2, 0) is 0 Å². The van der Waals surface area contributed by atoms with Crippen LogP contribution in [0.15, 0.2) is 18.2 Å². The predicted octanol–water partition coefficient (Wildman–Crippen LogP) is 1.82. The number of thiazole rings is 1. The monoisotopic (exact) mass is 252 g/mol. The van der Waals surface area contributed by atoms with Gasteiger partial charge in [0.05, 0.1) is 5.69 Å². The normalized spacial score (nSPS) is 10.2. The number of carbonyl (C=O) groups excluding carboxylic acids is 1. The third-order valence-corrected chi connectivity index (χ3v) is 2.96. The Labute approximate surface area is 101 Å². The van der Waals surface area contributed by atoms with Gasteiger partial charge in [0, 0.05) is 0 Å². The molecule has 17 heavy (non-hydrogen) atoms. The lowest BCUT2D eigenvalue weighted by molar-refractivity contribution is 0.102. The van der Waals surface area contributed by atoms with E-state index in [1.165, 1.54) is 18.2 Å². The maximum absolute atomic E-state index is 12.8. The molecule has 7 heteroatoms. The summed E-state index contributed by atoms with van der Waals surface area (Å²) in [5.41, 5.74) is 6.03. The number of pyridine rings is 1. The van der Waals surface area contributed by atoms with Gasteiger partial charge in [-0.3, -0.25) is 4.79 Å². The Bertz CT molecular complexity index is 569. The van der Waals surface area contributed by atoms with E-state index in [0.29, 0.717) is 15.7 Å². The van der Waals surface area contributed by atoms with Gasteiger partial charge in [-0.1, -0.05) is 17.4 Å². The Morgan fingerprint density at radius 1 is 1.47 bits per heavy atom. The van der Waals surface area contributed by atoms with Gasteiger partial charge in [-0.05, 0) is 19.1 Å². The van der Waals surface area contributed by atoms with Crippen LogP contribution in [-0.4, -0.2) is 15.9 Å². The van der Waals surface area contributed by atoms with Gasteiger partial charge in [0.1, 0.15) is 10.7 Å². The van der Waals surface area contributed by atoms with Crippen LogP contribution >= 0.6 is 11.3 Å². The molecule has 2 heterocycles. The van der Waals surface area contributed by atoms with Crippen molar-refractivity contribution in [3.8, 4) is 0 Å². The number of aromatic nitrogens is 2. The quantitative estimate of drug-likeness (QED) is 0.799. The molecule has 0 saturated heterocycles. The summed E-state index contributed by atoms with van der Waals surface area (Å²) in [4.78, 5) is 19.7. The molecule has 1 amide bonds. The minimum atomic E-state index is -0.650. The smallest absolute Gasteiger partial charge is 0.268 e. The fourth-order valence-corrected chi connectivity index (χ4v) is 2.01. The van der Waals surface area contributed by atoms with Crippen LogP contribution in [0.2, 0.25) is 0 Å². The van der Waals surface area contributed by atoms with Crippen LogP contribution in [0.25, 0.3) is 0 Å². The van der Waals surface area contributed by atoms with Crippen molar-refractivity contribution in [3.05, 3.63) is 34.7 Å². The summed E-state index contributed by atoms with van der Waals surface area (Å²) in [6.45, 7) is 1.68. The third-order valence-electron chi connectivity index (χ3n) is 1.98. The molecule has 2 aromatic heterocycles. The number of hydrogen-bond donors (Lipinski definition) is 2. The Hall–Kier alpha value is -2.02. The van der Waals surface area contributed by atoms with E-state index in [9.17, 15) is 9.18 Å². The van der Waals surface area contributed by atoms with Gasteiger partial charge < -0.3 is 11.1 Å². The summed E-state index contributed by atoms with van der Waals surface area (Å²) >= 11 is 1.08. The highest BCUT2D eigenvalue weighted by atomic mass is 32.1. The van der Waals surface area contributed by atoms with Crippen molar-refractivity contribution in [2.45, 2.75) is 6.92 Å². The number of amides is 1. The second-order valence-corrected chi connectivity index (χ2v) is 4.30. The van der Waals surface area contributed by atoms with Gasteiger partial charge in [-0.2, -0.15) is 4.39 Å². The van der Waals surface area contributed by atoms with E-state index in [4.69, 9.17) is 5.73 Å². The van der Waals surface area contributed by atoms with E-state index < -0.39 is 11.9 Å². The van der Waals surface area contributed by atoms with Gasteiger partial charge in [0.25, 0.3) is 5.91 Å². The van der Waals surface area contributed by atoms with E-state index in [2.05, 4.69) is 15.3 Å². The number of hydrogen-bond acceptors (Lipinski definition) is 5. The molecule has 88 valence electrons. The summed E-state index contributed by atoms with van der Waals surface area (Å²) in [5, 5.41) is 2.80. The first-order chi connectivity index (χ1) is 8.06. The average molecular weight is 252 g/mol. The molecule has 0 aliphatic heterocycles. The molecule has 2 rings (SSSR count). The topological polar surface area (TPSA) is 80.9 Å². The number of nitrogens with zero attached hydrogens (tertiary/aromatic N) is 2. The molecular formula is C10H9FN4OS. The summed E-state index contributed by atoms with van der Waals surface area (Å²) in [6, 6.07) is 4.16. The second-order valence-electron chi connectivity index (χ2n) is 3.27. The number of halogens is 1. The number of aryl methyl sites for hydroxylation is 1. The third kappa shape index (κ3) is 2.56. The van der Waals surface area contributed by atoms with E-state index in [1.807, 2.05) is 0 Å². The minimum Gasteiger partial charge on any atom is -0.375 e. The Balaban J connectivity index is 2.20. The van der Waals surface area contributed by atoms with E-state index in [0.717, 1.165) is 11.3 Å². The fraction of sp³-hybridized carbons (Fsp3) is 0.100. The molecule has 0 aromatic carbocycles. The number of carbonyl (C=O) groups is 1. The van der Waals surface area contributed by atoms with Gasteiger partial charge in [-0.25, -0.2) is 9.97 Å². The van der Waals surface area contributed by atoms with E-state index in [1.54, 1.807) is 6.92 Å². The molecule has 0 radical (unpaired) electrons. The molecule has 2 aromatic rings. The number of nitrogen functional groups attached to an aromatic ring is 1. The molecule has 0 aliphatic rings. The predicted molar refractivity (Wildman–Crippen MR) is 63.4 cm³/mol. The highest BCUT2D eigenvalue weighted by Crippen LogP contribution is 2.20. The zero-order valence-corrected chi connectivity index (χ0v) is 9.71. The van der Waals surface area contributed by atoms with Crippen LogP contribution in [0.5, 0.6) is 0 Å². The maximum atomic E-state index is 12.8. The SMILES string of the molecule is Cc1nc(N)sc1C(=O)Nc1cccc(F)n1. The standard InChI is InChI=1S/C10H9FN4OS/c1-5-8(17-10(12)13-5)9(16)15-7-4-2-3-6(11)14-7/h2-4H,1H3,(H2,12,13)(H,14,15,16). The van der Waals surface area contributed by atoms with Crippen LogP contribution in [0.3, 0.4) is 0 Å². The van der Waals surface area contributed by atoms with Crippen LogP contribution < -0.4 is 11.1 Å². The molecule has 0 atom stereocenters. The van der Waals surface area contributed by atoms with E-state index in [-0.39, 0.29) is 5.82 Å². The summed E-state index contributed by atoms with van der Waals surface area (Å²) < 4.78 is 12.8. The summed E-state index contributed by atoms with van der Waals surface area (Å²) in [5.74, 6) is -0.889. The van der Waals surface area contributed by atoms with Crippen molar-refractivity contribution in [1.29, 1.82) is 0 Å². The summed E-state index contributed by atoms with van der Waals surface area (Å²) in [7, 11) is 0. The molecular weight excluding hydrogens is 243 g/mol. The van der Waals surface area contributed by atoms with Gasteiger partial charge in [-0.15, -0.1) is 0 Å². The first-order valence-corrected chi connectivity index (χ1v) is 5.54. The van der Waals surface area contributed by atoms with Crippen molar-refractivity contribution in [2.24, 2.45) is 0 Å². The highest BCUT2D eigenvalue weighted by molar-refractivity contribution is 7.17. The van der Waals surface area contributed by atoms with Crippen LogP contribution in [0, 0.1) is 12.9 Å². The van der Waals surface area contributed by atoms with Crippen molar-refractivity contribution < 1.29 is 9.18 Å². The van der Waals surface area contributed by atoms with Crippen LogP contribution in [0.1, 0.15) is 15.4 Å². The zero-order valence-electron chi connectivity index (χ0n) is 8.90. The molecule has 0 bridgehead atoms. The highest BCUT2D eigenvalue weighted by Gasteiger charge is 2.14. The second kappa shape index (κ2) is 4.46. The molecule has 0 spiro atoms. The van der Waals surface area contributed by atoms with Gasteiger partial charge in [0.15, 0.2) is 5.13 Å². The molecule has 0 fully saturated rings. The number of nitrogens with two attached hydrogens (primary N) is 1. The largest absolute Gasteiger partial charge is 0.375 e. The Morgan fingerprint density at radius 2 is 2.24 bits per heavy atom. The molecule has 3 N–H and O–H groups in total. The lowest BCUT2D eigenvalue weighted by atomic mass is 10.3. The molecule has 0 unspecified atom stereocenters. The lowest BCUT2D eigenvalue weighted by Gasteiger charge is -2.02. The molecule has 0 aliphatic carbocycles. The average Bonchev–Trinajstić information content (AvgIpc) is 2.58. The van der Waals surface area contributed by atoms with Crippen molar-refractivity contribution in [2.75, 3.05) is 11.1 Å². The van der Waals surface area contributed by atoms with E-state index >= 15 is 0 Å². The molecule has 5 nitrogen and oxygen atoms in total. The lowest BCUT2D eigenvalue weighted by Crippen LogP contribution is -2.12. The number of anilines is 2. The van der Waals surface area contributed by atoms with Crippen molar-refractivity contribution in [3.63, 3.8) is 0 Å². The summed E-state index contributed by atoms with van der Waals surface area (Å²) in [6.07, 6.45) is 0. The number of rotatable bonds is 2. The first kappa shape index (κ1) is 11.5.